The smallest absolute Gasteiger partial charge is 0.341 e. The molecule has 10 heteroatoms. The first kappa shape index (κ1) is 14.9. The molecule has 1 atom stereocenters. The molecule has 2 rings (SSSR count). The lowest BCUT2D eigenvalue weighted by Gasteiger charge is -2.13. The number of nitrogens with zero attached hydrogens (tertiary/aromatic N) is 3. The van der Waals surface area contributed by atoms with Crippen molar-refractivity contribution in [3.63, 3.8) is 0 Å². The van der Waals surface area contributed by atoms with Gasteiger partial charge in [0.1, 0.15) is 5.01 Å². The summed E-state index contributed by atoms with van der Waals surface area (Å²) < 4.78 is 41.0. The first-order valence-corrected chi connectivity index (χ1v) is 7.24. The van der Waals surface area contributed by atoms with Gasteiger partial charge in [0.2, 0.25) is 0 Å². The lowest BCUT2D eigenvalue weighted by atomic mass is 10.2. The van der Waals surface area contributed by atoms with Gasteiger partial charge in [0, 0.05) is 10.8 Å². The van der Waals surface area contributed by atoms with Gasteiger partial charge in [-0.1, -0.05) is 11.4 Å². The molecule has 1 amide bonds. The van der Waals surface area contributed by atoms with E-state index in [1.54, 1.807) is 6.92 Å². The van der Waals surface area contributed by atoms with Crippen molar-refractivity contribution in [3.05, 3.63) is 27.2 Å². The number of alkyl halides is 3. The second-order valence-corrected chi connectivity index (χ2v) is 5.29. The maximum absolute atomic E-state index is 12.5. The van der Waals surface area contributed by atoms with Crippen molar-refractivity contribution in [3.8, 4) is 0 Å². The molecule has 0 fully saturated rings. The number of nitrogens with one attached hydrogen (secondary N) is 1. The lowest BCUT2D eigenvalue weighted by Crippen LogP contribution is -2.28. The highest BCUT2D eigenvalue weighted by atomic mass is 32.1. The SMILES string of the molecule is CC[C@@H](NC(=O)c1csnn1)c1nc(C(F)(F)F)cs1. The Labute approximate surface area is 120 Å². The van der Waals surface area contributed by atoms with Gasteiger partial charge in [0.05, 0.1) is 6.04 Å². The minimum absolute atomic E-state index is 0.140. The minimum Gasteiger partial charge on any atom is -0.341 e. The molecule has 0 aliphatic heterocycles. The average molecular weight is 322 g/mol. The molecule has 2 aromatic heterocycles. The number of amides is 1. The number of carbonyl (C=O) groups excluding carboxylic acids is 1. The maximum Gasteiger partial charge on any atom is 0.434 e. The average Bonchev–Trinajstić information content (AvgIpc) is 3.04. The summed E-state index contributed by atoms with van der Waals surface area (Å²) in [6, 6.07) is -0.578. The van der Waals surface area contributed by atoms with Crippen LogP contribution < -0.4 is 5.32 Å². The predicted octanol–water partition coefficient (Wildman–Crippen LogP) is 2.89. The number of hydrogen-bond donors (Lipinski definition) is 1. The summed E-state index contributed by atoms with van der Waals surface area (Å²) in [5.41, 5.74) is -0.804. The van der Waals surface area contributed by atoms with Crippen molar-refractivity contribution in [2.45, 2.75) is 25.6 Å². The van der Waals surface area contributed by atoms with E-state index in [1.165, 1.54) is 5.38 Å². The number of aromatic nitrogens is 3. The van der Waals surface area contributed by atoms with Crippen LogP contribution in [-0.2, 0) is 6.18 Å². The fourth-order valence-electron chi connectivity index (χ4n) is 1.41. The van der Waals surface area contributed by atoms with Crippen LogP contribution in [0.4, 0.5) is 13.2 Å². The third-order valence-corrected chi connectivity index (χ3v) is 3.88. The van der Waals surface area contributed by atoms with Crippen LogP contribution >= 0.6 is 22.9 Å². The van der Waals surface area contributed by atoms with Gasteiger partial charge in [-0.2, -0.15) is 13.2 Å². The molecule has 2 heterocycles. The highest BCUT2D eigenvalue weighted by molar-refractivity contribution is 7.09. The Hall–Kier alpha value is -1.55. The molecule has 2 aromatic rings. The monoisotopic (exact) mass is 322 g/mol. The van der Waals surface area contributed by atoms with Gasteiger partial charge >= 0.3 is 6.18 Å². The molecule has 0 aliphatic carbocycles. The first-order chi connectivity index (χ1) is 9.41. The van der Waals surface area contributed by atoms with E-state index in [2.05, 4.69) is 19.9 Å². The Kier molecular flexibility index (Phi) is 4.33. The Bertz CT molecular complexity index is 582. The standard InChI is InChI=1S/C10H9F3N4OS2/c1-2-5(14-8(18)6-3-20-17-16-6)9-15-7(4-19-9)10(11,12)13/h3-5H,2H2,1H3,(H,14,18)/t5-/m1/s1. The largest absolute Gasteiger partial charge is 0.434 e. The quantitative estimate of drug-likeness (QED) is 0.940. The molecule has 20 heavy (non-hydrogen) atoms. The zero-order valence-electron chi connectivity index (χ0n) is 10.1. The van der Waals surface area contributed by atoms with Crippen LogP contribution in [0.15, 0.2) is 10.8 Å². The molecule has 0 bridgehead atoms. The molecule has 0 saturated heterocycles. The summed E-state index contributed by atoms with van der Waals surface area (Å²) in [6.07, 6.45) is -4.05. The lowest BCUT2D eigenvalue weighted by molar-refractivity contribution is -0.140. The van der Waals surface area contributed by atoms with Crippen molar-refractivity contribution in [1.82, 2.24) is 19.9 Å². The molecule has 0 aromatic carbocycles. The fourth-order valence-corrected chi connectivity index (χ4v) is 2.81. The maximum atomic E-state index is 12.5. The molecular formula is C10H9F3N4OS2. The first-order valence-electron chi connectivity index (χ1n) is 5.52. The third-order valence-electron chi connectivity index (χ3n) is 2.42. The van der Waals surface area contributed by atoms with E-state index in [0.29, 0.717) is 6.42 Å². The molecule has 0 unspecified atom stereocenters. The molecular weight excluding hydrogens is 313 g/mol. The van der Waals surface area contributed by atoms with E-state index in [9.17, 15) is 18.0 Å². The van der Waals surface area contributed by atoms with Crippen molar-refractivity contribution in [1.29, 1.82) is 0 Å². The second-order valence-electron chi connectivity index (χ2n) is 3.79. The molecule has 5 nitrogen and oxygen atoms in total. The number of halogens is 3. The van der Waals surface area contributed by atoms with Crippen LogP contribution in [0, 0.1) is 0 Å². The Morgan fingerprint density at radius 1 is 1.45 bits per heavy atom. The van der Waals surface area contributed by atoms with E-state index in [1.807, 2.05) is 0 Å². The van der Waals surface area contributed by atoms with E-state index in [4.69, 9.17) is 0 Å². The van der Waals surface area contributed by atoms with Gasteiger partial charge in [0.25, 0.3) is 5.91 Å². The Morgan fingerprint density at radius 3 is 2.70 bits per heavy atom. The number of carbonyl (C=O) groups is 1. The normalized spacial score (nSPS) is 13.2. The van der Waals surface area contributed by atoms with Gasteiger partial charge in [-0.15, -0.1) is 16.4 Å². The van der Waals surface area contributed by atoms with Crippen LogP contribution in [0.1, 0.15) is 40.6 Å². The molecule has 0 spiro atoms. The molecule has 0 radical (unpaired) electrons. The highest BCUT2D eigenvalue weighted by Gasteiger charge is 2.34. The number of hydrogen-bond acceptors (Lipinski definition) is 6. The molecule has 108 valence electrons. The number of thiazole rings is 1. The van der Waals surface area contributed by atoms with Crippen LogP contribution in [0.2, 0.25) is 0 Å². The van der Waals surface area contributed by atoms with E-state index < -0.39 is 23.8 Å². The summed E-state index contributed by atoms with van der Waals surface area (Å²) >= 11 is 1.89. The Balaban J connectivity index is 2.12. The summed E-state index contributed by atoms with van der Waals surface area (Å²) in [6.45, 7) is 1.75. The minimum atomic E-state index is -4.48. The van der Waals surface area contributed by atoms with Gasteiger partial charge in [-0.25, -0.2) is 4.98 Å². The molecule has 0 aliphatic rings. The highest BCUT2D eigenvalue weighted by Crippen LogP contribution is 2.32. The van der Waals surface area contributed by atoms with E-state index in [0.717, 1.165) is 28.2 Å². The third kappa shape index (κ3) is 3.31. The van der Waals surface area contributed by atoms with Crippen molar-refractivity contribution < 1.29 is 18.0 Å². The van der Waals surface area contributed by atoms with Crippen LogP contribution in [-0.4, -0.2) is 20.5 Å². The van der Waals surface area contributed by atoms with Gasteiger partial charge in [-0.3, -0.25) is 4.79 Å². The van der Waals surface area contributed by atoms with Crippen LogP contribution in [0.25, 0.3) is 0 Å². The second kappa shape index (κ2) is 5.83. The van der Waals surface area contributed by atoms with Crippen LogP contribution in [0.3, 0.4) is 0 Å². The van der Waals surface area contributed by atoms with E-state index in [-0.39, 0.29) is 10.7 Å². The van der Waals surface area contributed by atoms with Crippen molar-refractivity contribution in [2.24, 2.45) is 0 Å². The number of rotatable bonds is 4. The van der Waals surface area contributed by atoms with Crippen molar-refractivity contribution >= 4 is 28.8 Å². The van der Waals surface area contributed by atoms with Crippen molar-refractivity contribution in [2.75, 3.05) is 0 Å². The van der Waals surface area contributed by atoms with Crippen LogP contribution in [0.5, 0.6) is 0 Å². The van der Waals surface area contributed by atoms with Gasteiger partial charge < -0.3 is 5.32 Å². The Morgan fingerprint density at radius 2 is 2.20 bits per heavy atom. The van der Waals surface area contributed by atoms with E-state index >= 15 is 0 Å². The zero-order chi connectivity index (χ0) is 14.8. The zero-order valence-corrected chi connectivity index (χ0v) is 11.8. The topological polar surface area (TPSA) is 67.8 Å². The molecule has 0 saturated carbocycles. The summed E-state index contributed by atoms with van der Waals surface area (Å²) in [5, 5.41) is 8.82. The molecule has 1 N–H and O–H groups in total. The van der Waals surface area contributed by atoms with Gasteiger partial charge in [0.15, 0.2) is 11.4 Å². The summed E-state index contributed by atoms with van der Waals surface area (Å²) in [5.74, 6) is -0.477. The van der Waals surface area contributed by atoms with Gasteiger partial charge in [-0.05, 0) is 18.0 Å². The predicted molar refractivity (Wildman–Crippen MR) is 67.5 cm³/mol. The summed E-state index contributed by atoms with van der Waals surface area (Å²) in [4.78, 5) is 15.3. The fraction of sp³-hybridized carbons (Fsp3) is 0.400. The summed E-state index contributed by atoms with van der Waals surface area (Å²) in [7, 11) is 0.